The maximum atomic E-state index is 12.3. The molecule has 0 unspecified atom stereocenters. The molecule has 0 radical (unpaired) electrons. The molecule has 3 aromatic rings. The highest BCUT2D eigenvalue weighted by Gasteiger charge is 2.16. The van der Waals surface area contributed by atoms with Gasteiger partial charge in [0.05, 0.1) is 22.1 Å². The third-order valence-corrected chi connectivity index (χ3v) is 6.70. The number of benzene rings is 2. The third-order valence-electron chi connectivity index (χ3n) is 4.54. The summed E-state index contributed by atoms with van der Waals surface area (Å²) in [6, 6.07) is 14.7. The number of carbonyl (C=O) groups excluding carboxylic acids is 2. The largest absolute Gasteiger partial charge is 0.376 e. The number of ether oxygens (including phenoxy) is 1. The molecule has 1 atom stereocenters. The minimum Gasteiger partial charge on any atom is -0.376 e. The summed E-state index contributed by atoms with van der Waals surface area (Å²) in [7, 11) is 0. The molecule has 2 heterocycles. The summed E-state index contributed by atoms with van der Waals surface area (Å²) >= 11 is 2.94. The Morgan fingerprint density at radius 2 is 2.07 bits per heavy atom. The number of anilines is 1. The van der Waals surface area contributed by atoms with Crippen molar-refractivity contribution in [2.45, 2.75) is 23.3 Å². The van der Waals surface area contributed by atoms with Crippen molar-refractivity contribution in [3.05, 3.63) is 54.1 Å². The molecule has 1 fully saturated rings. The number of aromatic nitrogens is 1. The fourth-order valence-electron chi connectivity index (χ4n) is 3.05. The smallest absolute Gasteiger partial charge is 0.255 e. The molecule has 0 saturated carbocycles. The number of rotatable bonds is 7. The molecule has 2 aromatic carbocycles. The van der Waals surface area contributed by atoms with Crippen molar-refractivity contribution in [3.8, 4) is 0 Å². The summed E-state index contributed by atoms with van der Waals surface area (Å²) in [5, 5.41) is 5.83. The maximum Gasteiger partial charge on any atom is 0.255 e. The van der Waals surface area contributed by atoms with Gasteiger partial charge in [0.15, 0.2) is 4.34 Å². The van der Waals surface area contributed by atoms with Crippen LogP contribution >= 0.6 is 23.1 Å². The zero-order valence-electron chi connectivity index (χ0n) is 15.7. The summed E-state index contributed by atoms with van der Waals surface area (Å²) in [4.78, 5) is 28.9. The van der Waals surface area contributed by atoms with E-state index in [2.05, 4.69) is 15.6 Å². The predicted octanol–water partition coefficient (Wildman–Crippen LogP) is 3.94. The number of thiazole rings is 1. The number of thioether (sulfide) groups is 1. The van der Waals surface area contributed by atoms with E-state index in [-0.39, 0.29) is 17.9 Å². The van der Waals surface area contributed by atoms with Gasteiger partial charge in [-0.3, -0.25) is 9.59 Å². The molecule has 0 bridgehead atoms. The monoisotopic (exact) mass is 427 g/mol. The van der Waals surface area contributed by atoms with Crippen LogP contribution < -0.4 is 10.6 Å². The van der Waals surface area contributed by atoms with E-state index in [1.807, 2.05) is 36.4 Å². The second kappa shape index (κ2) is 9.39. The first-order valence-electron chi connectivity index (χ1n) is 9.45. The van der Waals surface area contributed by atoms with Gasteiger partial charge < -0.3 is 15.4 Å². The van der Waals surface area contributed by atoms with Crippen molar-refractivity contribution in [1.82, 2.24) is 10.3 Å². The van der Waals surface area contributed by atoms with Crippen LogP contribution in [-0.2, 0) is 9.53 Å². The first-order valence-corrected chi connectivity index (χ1v) is 11.3. The van der Waals surface area contributed by atoms with Crippen LogP contribution in [0, 0.1) is 0 Å². The Balaban J connectivity index is 1.33. The Kier molecular flexibility index (Phi) is 6.43. The molecular formula is C21H21N3O3S2. The zero-order valence-corrected chi connectivity index (χ0v) is 17.4. The molecule has 8 heteroatoms. The molecule has 0 spiro atoms. The molecule has 1 aliphatic rings. The quantitative estimate of drug-likeness (QED) is 0.559. The summed E-state index contributed by atoms with van der Waals surface area (Å²) < 4.78 is 7.31. The Morgan fingerprint density at radius 1 is 1.21 bits per heavy atom. The fraction of sp³-hybridized carbons (Fsp3) is 0.286. The van der Waals surface area contributed by atoms with E-state index in [4.69, 9.17) is 4.74 Å². The Bertz CT molecular complexity index is 1000. The van der Waals surface area contributed by atoms with Gasteiger partial charge in [-0.25, -0.2) is 4.98 Å². The van der Waals surface area contributed by atoms with Crippen molar-refractivity contribution in [2.24, 2.45) is 0 Å². The van der Waals surface area contributed by atoms with Gasteiger partial charge in [0, 0.05) is 24.4 Å². The van der Waals surface area contributed by atoms with Crippen LogP contribution in [0.15, 0.2) is 52.9 Å². The van der Waals surface area contributed by atoms with Crippen LogP contribution in [0.1, 0.15) is 23.2 Å². The molecule has 2 amide bonds. The van der Waals surface area contributed by atoms with Gasteiger partial charge in [0.2, 0.25) is 5.91 Å². The highest BCUT2D eigenvalue weighted by molar-refractivity contribution is 8.01. The lowest BCUT2D eigenvalue weighted by Gasteiger charge is -2.09. The number of hydrogen-bond donors (Lipinski definition) is 2. The van der Waals surface area contributed by atoms with E-state index in [1.54, 1.807) is 12.1 Å². The number of fused-ring (bicyclic) bond motifs is 1. The van der Waals surface area contributed by atoms with Gasteiger partial charge >= 0.3 is 0 Å². The van der Waals surface area contributed by atoms with Crippen molar-refractivity contribution < 1.29 is 14.3 Å². The molecular weight excluding hydrogens is 406 g/mol. The van der Waals surface area contributed by atoms with E-state index in [0.717, 1.165) is 39.7 Å². The van der Waals surface area contributed by atoms with Gasteiger partial charge in [-0.2, -0.15) is 0 Å². The minimum absolute atomic E-state index is 0.0134. The number of carbonyl (C=O) groups is 2. The zero-order chi connectivity index (χ0) is 20.1. The lowest BCUT2D eigenvalue weighted by molar-refractivity contribution is -0.119. The van der Waals surface area contributed by atoms with Gasteiger partial charge in [-0.05, 0) is 43.2 Å². The SMILES string of the molecule is O=C(CSc1nc2ccc(NC(=O)c3ccccc3)cc2s1)NC[C@H]1CCCO1. The molecule has 1 aliphatic heterocycles. The molecule has 4 rings (SSSR count). The summed E-state index contributed by atoms with van der Waals surface area (Å²) in [5.41, 5.74) is 2.19. The average molecular weight is 428 g/mol. The molecule has 29 heavy (non-hydrogen) atoms. The summed E-state index contributed by atoms with van der Waals surface area (Å²) in [6.45, 7) is 1.36. The van der Waals surface area contributed by atoms with Gasteiger partial charge in [-0.1, -0.05) is 30.0 Å². The van der Waals surface area contributed by atoms with Crippen LogP contribution in [0.5, 0.6) is 0 Å². The third kappa shape index (κ3) is 5.35. The van der Waals surface area contributed by atoms with E-state index in [9.17, 15) is 9.59 Å². The van der Waals surface area contributed by atoms with E-state index in [0.29, 0.717) is 17.9 Å². The number of nitrogens with zero attached hydrogens (tertiary/aromatic N) is 1. The first kappa shape index (κ1) is 19.9. The molecule has 150 valence electrons. The van der Waals surface area contributed by atoms with Crippen LogP contribution in [0.4, 0.5) is 5.69 Å². The highest BCUT2D eigenvalue weighted by atomic mass is 32.2. The van der Waals surface area contributed by atoms with Crippen molar-refractivity contribution in [1.29, 1.82) is 0 Å². The number of hydrogen-bond acceptors (Lipinski definition) is 6. The second-order valence-corrected chi connectivity index (χ2v) is 8.96. The van der Waals surface area contributed by atoms with Crippen LogP contribution in [0.2, 0.25) is 0 Å². The Labute approximate surface area is 177 Å². The van der Waals surface area contributed by atoms with Gasteiger partial charge in [0.1, 0.15) is 0 Å². The van der Waals surface area contributed by atoms with E-state index < -0.39 is 0 Å². The Morgan fingerprint density at radius 3 is 2.86 bits per heavy atom. The number of amides is 2. The molecule has 6 nitrogen and oxygen atoms in total. The first-order chi connectivity index (χ1) is 14.2. The van der Waals surface area contributed by atoms with Crippen LogP contribution in [0.25, 0.3) is 10.2 Å². The van der Waals surface area contributed by atoms with Crippen molar-refractivity contribution in [2.75, 3.05) is 24.2 Å². The second-order valence-electron chi connectivity index (χ2n) is 6.71. The van der Waals surface area contributed by atoms with Crippen molar-refractivity contribution in [3.63, 3.8) is 0 Å². The van der Waals surface area contributed by atoms with Crippen LogP contribution in [-0.4, -0.2) is 41.8 Å². The lowest BCUT2D eigenvalue weighted by Crippen LogP contribution is -2.32. The average Bonchev–Trinajstić information content (AvgIpc) is 3.40. The molecule has 1 aromatic heterocycles. The summed E-state index contributed by atoms with van der Waals surface area (Å²) in [6.07, 6.45) is 2.22. The molecule has 0 aliphatic carbocycles. The minimum atomic E-state index is -0.146. The van der Waals surface area contributed by atoms with Crippen LogP contribution in [0.3, 0.4) is 0 Å². The maximum absolute atomic E-state index is 12.3. The van der Waals surface area contributed by atoms with Gasteiger partial charge in [0.25, 0.3) is 5.91 Å². The summed E-state index contributed by atoms with van der Waals surface area (Å²) in [5.74, 6) is 0.164. The molecule has 2 N–H and O–H groups in total. The van der Waals surface area contributed by atoms with E-state index >= 15 is 0 Å². The highest BCUT2D eigenvalue weighted by Crippen LogP contribution is 2.31. The number of nitrogens with one attached hydrogen (secondary N) is 2. The van der Waals surface area contributed by atoms with Gasteiger partial charge in [-0.15, -0.1) is 11.3 Å². The topological polar surface area (TPSA) is 80.3 Å². The fourth-order valence-corrected chi connectivity index (χ4v) is 4.98. The standard InChI is InChI=1S/C21H21N3O3S2/c25-19(22-12-16-7-4-10-27-16)13-28-21-24-17-9-8-15(11-18(17)29-21)23-20(26)14-5-2-1-3-6-14/h1-3,5-6,8-9,11,16H,4,7,10,12-13H2,(H,22,25)(H,23,26)/t16-/m1/s1. The Hall–Kier alpha value is -2.42. The molecule has 1 saturated heterocycles. The normalized spacial score (nSPS) is 16.1. The predicted molar refractivity (Wildman–Crippen MR) is 117 cm³/mol. The lowest BCUT2D eigenvalue weighted by atomic mass is 10.2. The van der Waals surface area contributed by atoms with Crippen molar-refractivity contribution >= 4 is 50.8 Å². The van der Waals surface area contributed by atoms with E-state index in [1.165, 1.54) is 23.1 Å².